The van der Waals surface area contributed by atoms with Crippen LogP contribution in [0.1, 0.15) is 49.7 Å². The van der Waals surface area contributed by atoms with Gasteiger partial charge in [0, 0.05) is 43.2 Å². The van der Waals surface area contributed by atoms with E-state index in [9.17, 15) is 9.59 Å². The molecule has 0 unspecified atom stereocenters. The van der Waals surface area contributed by atoms with E-state index in [4.69, 9.17) is 0 Å². The average molecular weight is 355 g/mol. The standard InChI is InChI=1S/C21H29N3O2/c1-15-5-3-6-18(16(15)2)22-20(26)23-12-4-10-21(13-23)11-9-19(25)24(14-21)17-7-8-17/h3,5-6,17H,4,7-14H2,1-2H3,(H,22,26)/t21-/m1/s1. The first-order valence-corrected chi connectivity index (χ1v) is 9.89. The highest BCUT2D eigenvalue weighted by atomic mass is 16.2. The van der Waals surface area contributed by atoms with Gasteiger partial charge in [-0.05, 0) is 63.1 Å². The summed E-state index contributed by atoms with van der Waals surface area (Å²) in [6.07, 6.45) is 6.01. The third-order valence-electron chi connectivity index (χ3n) is 6.48. The summed E-state index contributed by atoms with van der Waals surface area (Å²) in [4.78, 5) is 29.2. The topological polar surface area (TPSA) is 52.7 Å². The number of nitrogens with zero attached hydrogens (tertiary/aromatic N) is 2. The van der Waals surface area contributed by atoms with Crippen LogP contribution in [0.2, 0.25) is 0 Å². The molecule has 1 spiro atoms. The number of anilines is 1. The van der Waals surface area contributed by atoms with Gasteiger partial charge in [-0.1, -0.05) is 12.1 Å². The Labute approximate surface area is 155 Å². The summed E-state index contributed by atoms with van der Waals surface area (Å²) in [5, 5.41) is 3.10. The fourth-order valence-electron chi connectivity index (χ4n) is 4.56. The number of rotatable bonds is 2. The van der Waals surface area contributed by atoms with E-state index in [1.165, 1.54) is 5.56 Å². The Morgan fingerprint density at radius 1 is 1.19 bits per heavy atom. The molecule has 1 N–H and O–H groups in total. The van der Waals surface area contributed by atoms with Gasteiger partial charge in [0.1, 0.15) is 0 Å². The molecule has 1 aromatic rings. The summed E-state index contributed by atoms with van der Waals surface area (Å²) < 4.78 is 0. The van der Waals surface area contributed by atoms with E-state index in [-0.39, 0.29) is 11.4 Å². The van der Waals surface area contributed by atoms with E-state index in [1.54, 1.807) is 0 Å². The lowest BCUT2D eigenvalue weighted by Crippen LogP contribution is -2.56. The highest BCUT2D eigenvalue weighted by molar-refractivity contribution is 5.90. The van der Waals surface area contributed by atoms with Crippen molar-refractivity contribution in [3.8, 4) is 0 Å². The second kappa shape index (κ2) is 6.60. The van der Waals surface area contributed by atoms with Crippen molar-refractivity contribution < 1.29 is 9.59 Å². The number of hydrogen-bond donors (Lipinski definition) is 1. The van der Waals surface area contributed by atoms with Gasteiger partial charge in [-0.3, -0.25) is 4.79 Å². The lowest BCUT2D eigenvalue weighted by molar-refractivity contribution is -0.139. The largest absolute Gasteiger partial charge is 0.339 e. The van der Waals surface area contributed by atoms with Crippen LogP contribution in [-0.4, -0.2) is 47.4 Å². The zero-order valence-corrected chi connectivity index (χ0v) is 15.9. The lowest BCUT2D eigenvalue weighted by Gasteiger charge is -2.48. The first-order valence-electron chi connectivity index (χ1n) is 9.89. The maximum Gasteiger partial charge on any atom is 0.321 e. The van der Waals surface area contributed by atoms with Crippen molar-refractivity contribution in [3.63, 3.8) is 0 Å². The van der Waals surface area contributed by atoms with Crippen molar-refractivity contribution in [2.45, 2.75) is 58.4 Å². The second-order valence-corrected chi connectivity index (χ2v) is 8.46. The molecule has 5 heteroatoms. The Hall–Kier alpha value is -2.04. The molecule has 4 rings (SSSR count). The van der Waals surface area contributed by atoms with E-state index >= 15 is 0 Å². The molecule has 140 valence electrons. The molecule has 5 nitrogen and oxygen atoms in total. The molecule has 3 aliphatic rings. The van der Waals surface area contributed by atoms with Crippen LogP contribution in [0, 0.1) is 19.3 Å². The Kier molecular flexibility index (Phi) is 4.41. The molecule has 0 bridgehead atoms. The molecule has 0 radical (unpaired) electrons. The zero-order valence-electron chi connectivity index (χ0n) is 15.9. The van der Waals surface area contributed by atoms with E-state index in [0.717, 1.165) is 63.0 Å². The summed E-state index contributed by atoms with van der Waals surface area (Å²) in [5.41, 5.74) is 3.29. The van der Waals surface area contributed by atoms with Crippen LogP contribution in [0.4, 0.5) is 10.5 Å². The Morgan fingerprint density at radius 2 is 2.00 bits per heavy atom. The first-order chi connectivity index (χ1) is 12.5. The van der Waals surface area contributed by atoms with E-state index in [2.05, 4.69) is 23.2 Å². The van der Waals surface area contributed by atoms with Gasteiger partial charge in [-0.25, -0.2) is 4.79 Å². The van der Waals surface area contributed by atoms with Crippen molar-refractivity contribution in [2.75, 3.05) is 25.0 Å². The molecule has 3 fully saturated rings. The number of benzene rings is 1. The van der Waals surface area contributed by atoms with E-state index in [1.807, 2.05) is 24.0 Å². The Bertz CT molecular complexity index is 728. The number of nitrogens with one attached hydrogen (secondary N) is 1. The fourth-order valence-corrected chi connectivity index (χ4v) is 4.56. The van der Waals surface area contributed by atoms with Crippen molar-refractivity contribution in [2.24, 2.45) is 5.41 Å². The third-order valence-corrected chi connectivity index (χ3v) is 6.48. The Morgan fingerprint density at radius 3 is 2.77 bits per heavy atom. The van der Waals surface area contributed by atoms with Gasteiger partial charge in [0.25, 0.3) is 0 Å². The predicted molar refractivity (Wildman–Crippen MR) is 102 cm³/mol. The van der Waals surface area contributed by atoms with Gasteiger partial charge in [0.05, 0.1) is 0 Å². The summed E-state index contributed by atoms with van der Waals surface area (Å²) in [7, 11) is 0. The van der Waals surface area contributed by atoms with Crippen molar-refractivity contribution in [1.82, 2.24) is 9.80 Å². The summed E-state index contributed by atoms with van der Waals surface area (Å²) in [6.45, 7) is 6.51. The van der Waals surface area contributed by atoms with Crippen LogP contribution in [-0.2, 0) is 4.79 Å². The molecular formula is C21H29N3O2. The summed E-state index contributed by atoms with van der Waals surface area (Å²) >= 11 is 0. The zero-order chi connectivity index (χ0) is 18.3. The number of piperidine rings is 2. The second-order valence-electron chi connectivity index (χ2n) is 8.46. The number of amides is 3. The summed E-state index contributed by atoms with van der Waals surface area (Å²) in [5.74, 6) is 0.315. The van der Waals surface area contributed by atoms with Crippen molar-refractivity contribution in [1.29, 1.82) is 0 Å². The average Bonchev–Trinajstić information content (AvgIpc) is 3.46. The van der Waals surface area contributed by atoms with Crippen LogP contribution in [0.25, 0.3) is 0 Å². The van der Waals surface area contributed by atoms with E-state index in [0.29, 0.717) is 18.4 Å². The first kappa shape index (κ1) is 17.4. The van der Waals surface area contributed by atoms with Crippen LogP contribution >= 0.6 is 0 Å². The molecule has 0 aromatic heterocycles. The maximum absolute atomic E-state index is 12.9. The molecule has 1 atom stereocenters. The predicted octanol–water partition coefficient (Wildman–Crippen LogP) is 3.70. The number of carbonyl (C=O) groups is 2. The summed E-state index contributed by atoms with van der Waals surface area (Å²) in [6, 6.07) is 6.47. The number of carbonyl (C=O) groups excluding carboxylic acids is 2. The molecule has 2 saturated heterocycles. The molecule has 1 aliphatic carbocycles. The van der Waals surface area contributed by atoms with Crippen molar-refractivity contribution >= 4 is 17.6 Å². The van der Waals surface area contributed by atoms with Gasteiger partial charge < -0.3 is 15.1 Å². The monoisotopic (exact) mass is 355 g/mol. The van der Waals surface area contributed by atoms with Gasteiger partial charge >= 0.3 is 6.03 Å². The maximum atomic E-state index is 12.9. The minimum atomic E-state index is -0.00681. The van der Waals surface area contributed by atoms with Gasteiger partial charge in [0.2, 0.25) is 5.91 Å². The van der Waals surface area contributed by atoms with Crippen LogP contribution < -0.4 is 5.32 Å². The number of likely N-dealkylation sites (tertiary alicyclic amines) is 2. The third kappa shape index (κ3) is 3.31. The molecule has 1 saturated carbocycles. The van der Waals surface area contributed by atoms with Gasteiger partial charge in [-0.15, -0.1) is 0 Å². The molecule has 2 aliphatic heterocycles. The fraction of sp³-hybridized carbons (Fsp3) is 0.619. The molecule has 1 aromatic carbocycles. The minimum absolute atomic E-state index is 0.00681. The van der Waals surface area contributed by atoms with Crippen LogP contribution in [0.3, 0.4) is 0 Å². The van der Waals surface area contributed by atoms with Gasteiger partial charge in [0.15, 0.2) is 0 Å². The smallest absolute Gasteiger partial charge is 0.321 e. The number of hydrogen-bond acceptors (Lipinski definition) is 2. The number of urea groups is 1. The highest BCUT2D eigenvalue weighted by Crippen LogP contribution is 2.42. The Balaban J connectivity index is 1.45. The quantitative estimate of drug-likeness (QED) is 0.879. The van der Waals surface area contributed by atoms with E-state index < -0.39 is 0 Å². The number of aryl methyl sites for hydroxylation is 1. The molecule has 3 amide bonds. The minimum Gasteiger partial charge on any atom is -0.339 e. The lowest BCUT2D eigenvalue weighted by atomic mass is 9.73. The molecule has 26 heavy (non-hydrogen) atoms. The van der Waals surface area contributed by atoms with Crippen LogP contribution in [0.5, 0.6) is 0 Å². The SMILES string of the molecule is Cc1cccc(NC(=O)N2CCC[C@@]3(CCC(=O)N(C4CC4)C3)C2)c1C. The van der Waals surface area contributed by atoms with Crippen molar-refractivity contribution in [3.05, 3.63) is 29.3 Å². The molecular weight excluding hydrogens is 326 g/mol. The molecule has 2 heterocycles. The van der Waals surface area contributed by atoms with Crippen LogP contribution in [0.15, 0.2) is 18.2 Å². The van der Waals surface area contributed by atoms with Gasteiger partial charge in [-0.2, -0.15) is 0 Å². The normalized spacial score (nSPS) is 26.3. The highest BCUT2D eigenvalue weighted by Gasteiger charge is 2.46.